The molecule has 24 heavy (non-hydrogen) atoms. The lowest BCUT2D eigenvalue weighted by atomic mass is 10.0. The van der Waals surface area contributed by atoms with Crippen molar-refractivity contribution in [2.24, 2.45) is 5.73 Å². The fourth-order valence-electron chi connectivity index (χ4n) is 2.42. The molecule has 2 aromatic rings. The molecule has 1 unspecified atom stereocenters. The largest absolute Gasteiger partial charge is 0.495 e. The molecule has 6 nitrogen and oxygen atoms in total. The normalized spacial score (nSPS) is 11.4. The van der Waals surface area contributed by atoms with Gasteiger partial charge in [0.1, 0.15) is 5.75 Å². The summed E-state index contributed by atoms with van der Waals surface area (Å²) in [6.07, 6.45) is 0.0596. The lowest BCUT2D eigenvalue weighted by molar-refractivity contribution is -0.116. The van der Waals surface area contributed by atoms with Crippen molar-refractivity contribution < 1.29 is 14.3 Å². The molecule has 0 saturated heterocycles. The first-order valence-corrected chi connectivity index (χ1v) is 7.55. The van der Waals surface area contributed by atoms with E-state index >= 15 is 0 Å². The Morgan fingerprint density at radius 1 is 1.17 bits per heavy atom. The fraction of sp³-hybridized carbons (Fsp3) is 0.222. The minimum absolute atomic E-state index is 0.0596. The summed E-state index contributed by atoms with van der Waals surface area (Å²) in [5.41, 5.74) is 7.62. The van der Waals surface area contributed by atoms with Crippen molar-refractivity contribution in [3.63, 3.8) is 0 Å². The molecular weight excluding hydrogens is 306 g/mol. The van der Waals surface area contributed by atoms with E-state index < -0.39 is 12.1 Å². The van der Waals surface area contributed by atoms with Crippen molar-refractivity contribution in [1.82, 2.24) is 5.32 Å². The van der Waals surface area contributed by atoms with Crippen LogP contribution in [-0.4, -0.2) is 19.0 Å². The molecule has 3 amide bonds. The number of anilines is 1. The summed E-state index contributed by atoms with van der Waals surface area (Å²) in [5.74, 6) is 0.328. The standard InChI is InChI=1S/C18H21N3O3/c1-12-8-9-16(24-2)15(10-12)20-17(22)11-14(21-18(19)23)13-6-4-3-5-7-13/h3-10,14H,11H2,1-2H3,(H,20,22)(H3,19,21,23). The number of nitrogens with one attached hydrogen (secondary N) is 2. The van der Waals surface area contributed by atoms with E-state index in [0.29, 0.717) is 11.4 Å². The van der Waals surface area contributed by atoms with Crippen LogP contribution in [0.3, 0.4) is 0 Å². The van der Waals surface area contributed by atoms with Crippen LogP contribution in [0.25, 0.3) is 0 Å². The molecule has 2 rings (SSSR count). The Kier molecular flexibility index (Phi) is 5.78. The number of amides is 3. The molecule has 4 N–H and O–H groups in total. The molecular formula is C18H21N3O3. The van der Waals surface area contributed by atoms with E-state index in [1.807, 2.05) is 49.4 Å². The minimum atomic E-state index is -0.676. The molecule has 0 aliphatic rings. The number of methoxy groups -OCH3 is 1. The van der Waals surface area contributed by atoms with Gasteiger partial charge < -0.3 is 21.1 Å². The van der Waals surface area contributed by atoms with E-state index in [9.17, 15) is 9.59 Å². The molecule has 0 spiro atoms. The SMILES string of the molecule is COc1ccc(C)cc1NC(=O)CC(NC(N)=O)c1ccccc1. The summed E-state index contributed by atoms with van der Waals surface area (Å²) in [4.78, 5) is 23.6. The first-order chi connectivity index (χ1) is 11.5. The van der Waals surface area contributed by atoms with E-state index in [1.165, 1.54) is 0 Å². The van der Waals surface area contributed by atoms with Gasteiger partial charge in [-0.05, 0) is 30.2 Å². The Morgan fingerprint density at radius 3 is 2.50 bits per heavy atom. The third-order valence-electron chi connectivity index (χ3n) is 3.54. The van der Waals surface area contributed by atoms with Crippen molar-refractivity contribution in [3.8, 4) is 5.75 Å². The fourth-order valence-corrected chi connectivity index (χ4v) is 2.42. The molecule has 0 radical (unpaired) electrons. The monoisotopic (exact) mass is 327 g/mol. The zero-order chi connectivity index (χ0) is 17.5. The van der Waals surface area contributed by atoms with Gasteiger partial charge in [-0.25, -0.2) is 4.79 Å². The van der Waals surface area contributed by atoms with E-state index in [1.54, 1.807) is 13.2 Å². The second kappa shape index (κ2) is 8.01. The summed E-state index contributed by atoms with van der Waals surface area (Å²) in [5, 5.41) is 5.42. The average Bonchev–Trinajstić information content (AvgIpc) is 2.55. The first kappa shape index (κ1) is 17.3. The third kappa shape index (κ3) is 4.74. The van der Waals surface area contributed by atoms with Crippen LogP contribution in [0.15, 0.2) is 48.5 Å². The number of hydrogen-bond acceptors (Lipinski definition) is 3. The molecule has 0 bridgehead atoms. The van der Waals surface area contributed by atoms with Gasteiger partial charge in [-0.1, -0.05) is 36.4 Å². The average molecular weight is 327 g/mol. The topological polar surface area (TPSA) is 93.4 Å². The Balaban J connectivity index is 2.13. The Morgan fingerprint density at radius 2 is 1.88 bits per heavy atom. The highest BCUT2D eigenvalue weighted by Crippen LogP contribution is 2.26. The lowest BCUT2D eigenvalue weighted by Crippen LogP contribution is -2.35. The number of hydrogen-bond donors (Lipinski definition) is 3. The van der Waals surface area contributed by atoms with E-state index in [4.69, 9.17) is 10.5 Å². The predicted molar refractivity (Wildman–Crippen MR) is 92.9 cm³/mol. The Bertz CT molecular complexity index is 717. The molecule has 0 aromatic heterocycles. The molecule has 2 aromatic carbocycles. The van der Waals surface area contributed by atoms with Gasteiger partial charge in [0, 0.05) is 0 Å². The van der Waals surface area contributed by atoms with Crippen LogP contribution in [0.4, 0.5) is 10.5 Å². The maximum atomic E-state index is 12.4. The quantitative estimate of drug-likeness (QED) is 0.761. The second-order valence-corrected chi connectivity index (χ2v) is 5.43. The van der Waals surface area contributed by atoms with Gasteiger partial charge in [-0.2, -0.15) is 0 Å². The van der Waals surface area contributed by atoms with Crippen LogP contribution in [0.1, 0.15) is 23.6 Å². The number of aryl methyl sites for hydroxylation is 1. The number of ether oxygens (including phenoxy) is 1. The summed E-state index contributed by atoms with van der Waals surface area (Å²) in [6.45, 7) is 1.93. The number of carbonyl (C=O) groups excluding carboxylic acids is 2. The van der Waals surface area contributed by atoms with Crippen LogP contribution in [0.2, 0.25) is 0 Å². The third-order valence-corrected chi connectivity index (χ3v) is 3.54. The van der Waals surface area contributed by atoms with Crippen molar-refractivity contribution >= 4 is 17.6 Å². The number of carbonyl (C=O) groups is 2. The highest BCUT2D eigenvalue weighted by Gasteiger charge is 2.18. The first-order valence-electron chi connectivity index (χ1n) is 7.55. The van der Waals surface area contributed by atoms with Crippen molar-refractivity contribution in [3.05, 3.63) is 59.7 Å². The highest BCUT2D eigenvalue weighted by molar-refractivity contribution is 5.93. The Labute approximate surface area is 141 Å². The molecule has 6 heteroatoms. The van der Waals surface area contributed by atoms with Crippen molar-refractivity contribution in [2.75, 3.05) is 12.4 Å². The van der Waals surface area contributed by atoms with Crippen LogP contribution in [0.5, 0.6) is 5.75 Å². The van der Waals surface area contributed by atoms with Gasteiger partial charge >= 0.3 is 6.03 Å². The molecule has 0 fully saturated rings. The zero-order valence-electron chi connectivity index (χ0n) is 13.7. The molecule has 126 valence electrons. The van der Waals surface area contributed by atoms with E-state index in [-0.39, 0.29) is 12.3 Å². The van der Waals surface area contributed by atoms with Crippen LogP contribution >= 0.6 is 0 Å². The number of primary amides is 1. The van der Waals surface area contributed by atoms with Gasteiger partial charge in [-0.15, -0.1) is 0 Å². The summed E-state index contributed by atoms with van der Waals surface area (Å²) < 4.78 is 5.25. The number of nitrogens with two attached hydrogens (primary N) is 1. The van der Waals surface area contributed by atoms with E-state index in [0.717, 1.165) is 11.1 Å². The molecule has 0 heterocycles. The number of benzene rings is 2. The second-order valence-electron chi connectivity index (χ2n) is 5.43. The smallest absolute Gasteiger partial charge is 0.312 e. The van der Waals surface area contributed by atoms with Crippen molar-refractivity contribution in [1.29, 1.82) is 0 Å². The van der Waals surface area contributed by atoms with Crippen LogP contribution in [0, 0.1) is 6.92 Å². The van der Waals surface area contributed by atoms with E-state index in [2.05, 4.69) is 10.6 Å². The summed E-state index contributed by atoms with van der Waals surface area (Å²) in [7, 11) is 1.54. The maximum absolute atomic E-state index is 12.4. The van der Waals surface area contributed by atoms with Crippen LogP contribution in [-0.2, 0) is 4.79 Å². The summed E-state index contributed by atoms with van der Waals surface area (Å²) in [6, 6.07) is 13.6. The van der Waals surface area contributed by atoms with Gasteiger partial charge in [0.25, 0.3) is 0 Å². The van der Waals surface area contributed by atoms with Gasteiger partial charge in [-0.3, -0.25) is 4.79 Å². The maximum Gasteiger partial charge on any atom is 0.312 e. The number of rotatable bonds is 6. The van der Waals surface area contributed by atoms with Crippen molar-refractivity contribution in [2.45, 2.75) is 19.4 Å². The highest BCUT2D eigenvalue weighted by atomic mass is 16.5. The molecule has 0 saturated carbocycles. The molecule has 0 aliphatic heterocycles. The minimum Gasteiger partial charge on any atom is -0.495 e. The lowest BCUT2D eigenvalue weighted by Gasteiger charge is -2.18. The van der Waals surface area contributed by atoms with Gasteiger partial charge in [0.15, 0.2) is 0 Å². The van der Waals surface area contributed by atoms with Gasteiger partial charge in [0.2, 0.25) is 5.91 Å². The molecule has 1 atom stereocenters. The predicted octanol–water partition coefficient (Wildman–Crippen LogP) is 2.74. The summed E-state index contributed by atoms with van der Waals surface area (Å²) >= 11 is 0. The van der Waals surface area contributed by atoms with Gasteiger partial charge in [0.05, 0.1) is 25.3 Å². The Hall–Kier alpha value is -3.02. The zero-order valence-corrected chi connectivity index (χ0v) is 13.7. The van der Waals surface area contributed by atoms with Crippen LogP contribution < -0.4 is 21.1 Å². The molecule has 0 aliphatic carbocycles. The number of urea groups is 1.